The van der Waals surface area contributed by atoms with Crippen molar-refractivity contribution in [1.29, 1.82) is 0 Å². The van der Waals surface area contributed by atoms with Crippen LogP contribution in [0.25, 0.3) is 0 Å². The van der Waals surface area contributed by atoms with E-state index in [4.69, 9.17) is 5.73 Å². The molecular weight excluding hydrogens is 315 g/mol. The highest BCUT2D eigenvalue weighted by molar-refractivity contribution is 5.96. The number of carbonyl (C=O) groups is 1. The summed E-state index contributed by atoms with van der Waals surface area (Å²) in [6.07, 6.45) is 2.06. The predicted octanol–water partition coefficient (Wildman–Crippen LogP) is 3.10. The van der Waals surface area contributed by atoms with Gasteiger partial charge in [-0.3, -0.25) is 4.79 Å². The molecule has 0 spiro atoms. The molecule has 2 aromatic carbocycles. The van der Waals surface area contributed by atoms with Crippen LogP contribution in [0.1, 0.15) is 17.5 Å². The second kappa shape index (κ2) is 7.57. The lowest BCUT2D eigenvalue weighted by molar-refractivity contribution is -0.117. The van der Waals surface area contributed by atoms with Gasteiger partial charge in [0.2, 0.25) is 5.91 Å². The summed E-state index contributed by atoms with van der Waals surface area (Å²) >= 11 is 0. The van der Waals surface area contributed by atoms with Crippen LogP contribution < -0.4 is 10.6 Å². The van der Waals surface area contributed by atoms with E-state index in [2.05, 4.69) is 0 Å². The van der Waals surface area contributed by atoms with Crippen molar-refractivity contribution in [2.75, 3.05) is 11.4 Å². The Morgan fingerprint density at radius 3 is 2.39 bits per heavy atom. The molecule has 1 saturated heterocycles. The van der Waals surface area contributed by atoms with Crippen molar-refractivity contribution in [3.05, 3.63) is 65.5 Å². The van der Waals surface area contributed by atoms with Crippen LogP contribution >= 0.6 is 12.4 Å². The molecule has 0 radical (unpaired) electrons. The van der Waals surface area contributed by atoms with Crippen molar-refractivity contribution in [2.24, 2.45) is 5.73 Å². The van der Waals surface area contributed by atoms with Gasteiger partial charge < -0.3 is 10.6 Å². The minimum absolute atomic E-state index is 0. The Kier molecular flexibility index (Phi) is 5.74. The number of hydrogen-bond acceptors (Lipinski definition) is 2. The van der Waals surface area contributed by atoms with Crippen molar-refractivity contribution in [1.82, 2.24) is 0 Å². The molecule has 1 aliphatic heterocycles. The number of nitrogens with zero attached hydrogens (tertiary/aromatic N) is 1. The zero-order valence-electron chi connectivity index (χ0n) is 12.7. The first-order valence-electron chi connectivity index (χ1n) is 7.51. The number of hydrogen-bond donors (Lipinski definition) is 1. The van der Waals surface area contributed by atoms with E-state index in [-0.39, 0.29) is 30.2 Å². The summed E-state index contributed by atoms with van der Waals surface area (Å²) in [5.74, 6) is -0.114. The Morgan fingerprint density at radius 2 is 1.78 bits per heavy atom. The lowest BCUT2D eigenvalue weighted by Gasteiger charge is -2.16. The average Bonchev–Trinajstić information content (AvgIpc) is 2.84. The maximum atomic E-state index is 13.1. The maximum absolute atomic E-state index is 13.1. The van der Waals surface area contributed by atoms with Gasteiger partial charge in [0.1, 0.15) is 5.82 Å². The van der Waals surface area contributed by atoms with Gasteiger partial charge in [0.05, 0.1) is 0 Å². The fourth-order valence-electron chi connectivity index (χ4n) is 2.81. The van der Waals surface area contributed by atoms with Crippen molar-refractivity contribution in [3.8, 4) is 0 Å². The normalized spacial score (nSPS) is 17.2. The Hall–Kier alpha value is -1.91. The number of nitrogens with two attached hydrogens (primary N) is 1. The Morgan fingerprint density at radius 1 is 1.09 bits per heavy atom. The molecule has 23 heavy (non-hydrogen) atoms. The molecule has 2 aromatic rings. The van der Waals surface area contributed by atoms with E-state index in [0.717, 1.165) is 24.1 Å². The summed E-state index contributed by atoms with van der Waals surface area (Å²) in [4.78, 5) is 13.6. The van der Waals surface area contributed by atoms with E-state index in [1.165, 1.54) is 11.6 Å². The zero-order valence-corrected chi connectivity index (χ0v) is 13.6. The third-order valence-corrected chi connectivity index (χ3v) is 3.99. The van der Waals surface area contributed by atoms with E-state index in [0.29, 0.717) is 13.0 Å². The molecule has 1 amide bonds. The summed E-state index contributed by atoms with van der Waals surface area (Å²) in [5.41, 5.74) is 8.87. The van der Waals surface area contributed by atoms with Gasteiger partial charge in [0, 0.05) is 24.7 Å². The van der Waals surface area contributed by atoms with Gasteiger partial charge in [-0.2, -0.15) is 0 Å². The lowest BCUT2D eigenvalue weighted by Crippen LogP contribution is -2.27. The highest BCUT2D eigenvalue weighted by Crippen LogP contribution is 2.21. The first kappa shape index (κ1) is 17.4. The average molecular weight is 335 g/mol. The Bertz CT molecular complexity index is 675. The molecule has 0 bridgehead atoms. The molecule has 122 valence electrons. The van der Waals surface area contributed by atoms with E-state index < -0.39 is 0 Å². The van der Waals surface area contributed by atoms with Crippen molar-refractivity contribution in [3.63, 3.8) is 0 Å². The van der Waals surface area contributed by atoms with Crippen LogP contribution in [0, 0.1) is 5.82 Å². The molecule has 3 rings (SSSR count). The summed E-state index contributed by atoms with van der Waals surface area (Å²) in [6, 6.07) is 14.6. The number of anilines is 1. The summed E-state index contributed by atoms with van der Waals surface area (Å²) in [5, 5.41) is 0. The SMILES string of the molecule is Cl.NC1CC(=O)N(c2ccc(CCc3cccc(F)c3)cc2)C1. The number of benzene rings is 2. The first-order valence-corrected chi connectivity index (χ1v) is 7.51. The number of rotatable bonds is 4. The molecule has 1 atom stereocenters. The maximum Gasteiger partial charge on any atom is 0.228 e. The smallest absolute Gasteiger partial charge is 0.228 e. The van der Waals surface area contributed by atoms with E-state index in [1.54, 1.807) is 17.0 Å². The first-order chi connectivity index (χ1) is 10.6. The van der Waals surface area contributed by atoms with Crippen molar-refractivity contribution >= 4 is 24.0 Å². The van der Waals surface area contributed by atoms with E-state index >= 15 is 0 Å². The fourth-order valence-corrected chi connectivity index (χ4v) is 2.81. The van der Waals surface area contributed by atoms with Gasteiger partial charge in [-0.15, -0.1) is 12.4 Å². The summed E-state index contributed by atoms with van der Waals surface area (Å²) < 4.78 is 13.1. The van der Waals surface area contributed by atoms with Crippen LogP contribution in [-0.4, -0.2) is 18.5 Å². The summed E-state index contributed by atoms with van der Waals surface area (Å²) in [7, 11) is 0. The Balaban J connectivity index is 0.00000192. The molecule has 0 aromatic heterocycles. The van der Waals surface area contributed by atoms with Gasteiger partial charge in [0.25, 0.3) is 0 Å². The van der Waals surface area contributed by atoms with E-state index in [9.17, 15) is 9.18 Å². The number of carbonyl (C=O) groups excluding carboxylic acids is 1. The molecule has 5 heteroatoms. The number of halogens is 2. The van der Waals surface area contributed by atoms with Gasteiger partial charge in [-0.25, -0.2) is 4.39 Å². The second-order valence-corrected chi connectivity index (χ2v) is 5.76. The summed E-state index contributed by atoms with van der Waals surface area (Å²) in [6.45, 7) is 0.585. The minimum Gasteiger partial charge on any atom is -0.326 e. The molecule has 1 aliphatic rings. The highest BCUT2D eigenvalue weighted by Gasteiger charge is 2.27. The van der Waals surface area contributed by atoms with Crippen LogP contribution in [0.3, 0.4) is 0 Å². The molecule has 2 N–H and O–H groups in total. The monoisotopic (exact) mass is 334 g/mol. The highest BCUT2D eigenvalue weighted by atomic mass is 35.5. The molecule has 1 unspecified atom stereocenters. The van der Waals surface area contributed by atoms with Crippen LogP contribution in [0.4, 0.5) is 10.1 Å². The fraction of sp³-hybridized carbons (Fsp3) is 0.278. The van der Waals surface area contributed by atoms with Crippen LogP contribution in [0.2, 0.25) is 0 Å². The standard InChI is InChI=1S/C18H19FN2O.ClH/c19-15-3-1-2-14(10-15)5-4-13-6-8-17(9-7-13)21-12-16(20)11-18(21)22;/h1-3,6-10,16H,4-5,11-12,20H2;1H. The third-order valence-electron chi connectivity index (χ3n) is 3.99. The van der Waals surface area contributed by atoms with Gasteiger partial charge in [-0.05, 0) is 48.2 Å². The van der Waals surface area contributed by atoms with Gasteiger partial charge in [0.15, 0.2) is 0 Å². The molecular formula is C18H20ClFN2O. The topological polar surface area (TPSA) is 46.3 Å². The third kappa shape index (κ3) is 4.30. The van der Waals surface area contributed by atoms with Crippen LogP contribution in [0.15, 0.2) is 48.5 Å². The minimum atomic E-state index is -0.197. The van der Waals surface area contributed by atoms with Crippen molar-refractivity contribution in [2.45, 2.75) is 25.3 Å². The second-order valence-electron chi connectivity index (χ2n) is 5.76. The molecule has 3 nitrogen and oxygen atoms in total. The molecule has 1 fully saturated rings. The molecule has 1 heterocycles. The predicted molar refractivity (Wildman–Crippen MR) is 92.4 cm³/mol. The van der Waals surface area contributed by atoms with Gasteiger partial charge >= 0.3 is 0 Å². The quantitative estimate of drug-likeness (QED) is 0.934. The Labute approximate surface area is 141 Å². The zero-order chi connectivity index (χ0) is 15.5. The van der Waals surface area contributed by atoms with E-state index in [1.807, 2.05) is 30.3 Å². The molecule has 0 aliphatic carbocycles. The lowest BCUT2D eigenvalue weighted by atomic mass is 10.0. The largest absolute Gasteiger partial charge is 0.326 e. The van der Waals surface area contributed by atoms with Crippen LogP contribution in [-0.2, 0) is 17.6 Å². The molecule has 0 saturated carbocycles. The number of amides is 1. The van der Waals surface area contributed by atoms with Gasteiger partial charge in [-0.1, -0.05) is 24.3 Å². The van der Waals surface area contributed by atoms with Crippen molar-refractivity contribution < 1.29 is 9.18 Å². The van der Waals surface area contributed by atoms with Crippen LogP contribution in [0.5, 0.6) is 0 Å². The number of aryl methyl sites for hydroxylation is 2.